The lowest BCUT2D eigenvalue weighted by atomic mass is 10.1. The molecule has 1 N–H and O–H groups in total. The minimum Gasteiger partial charge on any atom is -0.495 e. The van der Waals surface area contributed by atoms with Crippen molar-refractivity contribution in [3.63, 3.8) is 0 Å². The van der Waals surface area contributed by atoms with Crippen LogP contribution < -0.4 is 10.1 Å². The first-order valence-electron chi connectivity index (χ1n) is 6.22. The van der Waals surface area contributed by atoms with E-state index in [0.29, 0.717) is 0 Å². The van der Waals surface area contributed by atoms with Crippen LogP contribution in [0.15, 0.2) is 18.2 Å². The predicted octanol–water partition coefficient (Wildman–Crippen LogP) is 4.11. The second-order valence-corrected chi connectivity index (χ2v) is 6.70. The molecule has 0 spiro atoms. The predicted molar refractivity (Wildman–Crippen MR) is 79.7 cm³/mol. The largest absolute Gasteiger partial charge is 0.495 e. The van der Waals surface area contributed by atoms with Crippen molar-refractivity contribution in [2.75, 3.05) is 7.11 Å². The van der Waals surface area contributed by atoms with Crippen LogP contribution in [-0.2, 0) is 6.54 Å². The number of rotatable bonds is 3. The van der Waals surface area contributed by atoms with Gasteiger partial charge >= 0.3 is 0 Å². The van der Waals surface area contributed by atoms with Crippen LogP contribution in [0.5, 0.6) is 5.75 Å². The zero-order chi connectivity index (χ0) is 13.3. The van der Waals surface area contributed by atoms with Crippen molar-refractivity contribution in [2.45, 2.75) is 39.8 Å². The maximum Gasteiger partial charge on any atom is 0.136 e. The molecule has 2 nitrogen and oxygen atoms in total. The summed E-state index contributed by atoms with van der Waals surface area (Å²) in [5, 5.41) is 4.86. The maximum atomic E-state index is 5.43. The van der Waals surface area contributed by atoms with E-state index in [0.717, 1.165) is 12.3 Å². The molecule has 1 heterocycles. The fourth-order valence-corrected chi connectivity index (χ4v) is 3.18. The molecule has 0 aliphatic carbocycles. The third-order valence-electron chi connectivity index (χ3n) is 3.03. The summed E-state index contributed by atoms with van der Waals surface area (Å²) in [6, 6.07) is 6.26. The molecule has 1 aromatic carbocycles. The number of thiophene rings is 1. The summed E-state index contributed by atoms with van der Waals surface area (Å²) in [6.07, 6.45) is 0. The molecule has 0 aliphatic rings. The van der Waals surface area contributed by atoms with Gasteiger partial charge in [0.1, 0.15) is 5.75 Å². The summed E-state index contributed by atoms with van der Waals surface area (Å²) in [5.41, 5.74) is 1.51. The van der Waals surface area contributed by atoms with Crippen LogP contribution in [0.25, 0.3) is 10.1 Å². The van der Waals surface area contributed by atoms with Crippen molar-refractivity contribution < 1.29 is 4.74 Å². The number of ether oxygens (including phenoxy) is 1. The molecule has 3 heteroatoms. The van der Waals surface area contributed by atoms with Gasteiger partial charge in [-0.2, -0.15) is 0 Å². The zero-order valence-corrected chi connectivity index (χ0v) is 12.6. The van der Waals surface area contributed by atoms with Gasteiger partial charge in [0.25, 0.3) is 0 Å². The molecule has 0 saturated carbocycles. The summed E-state index contributed by atoms with van der Waals surface area (Å²) >= 11 is 1.83. The summed E-state index contributed by atoms with van der Waals surface area (Å²) in [7, 11) is 1.73. The van der Waals surface area contributed by atoms with Crippen molar-refractivity contribution >= 4 is 21.4 Å². The molecule has 0 amide bonds. The third kappa shape index (κ3) is 2.68. The maximum absolute atomic E-state index is 5.43. The minimum atomic E-state index is 0.146. The Balaban J connectivity index is 2.38. The van der Waals surface area contributed by atoms with Gasteiger partial charge in [-0.25, -0.2) is 0 Å². The SMILES string of the molecule is COc1cccc2c(C)c(CNC(C)(C)C)sc12. The Morgan fingerprint density at radius 3 is 2.61 bits per heavy atom. The number of aryl methyl sites for hydroxylation is 1. The second kappa shape index (κ2) is 4.90. The molecule has 0 unspecified atom stereocenters. The second-order valence-electron chi connectivity index (χ2n) is 5.59. The standard InChI is InChI=1S/C15H21NOS/c1-10-11-7-6-8-12(17-5)14(11)18-13(10)9-16-15(2,3)4/h6-8,16H,9H2,1-5H3. The van der Waals surface area contributed by atoms with Gasteiger partial charge in [0.15, 0.2) is 0 Å². The van der Waals surface area contributed by atoms with Crippen LogP contribution in [0.3, 0.4) is 0 Å². The van der Waals surface area contributed by atoms with Crippen molar-refractivity contribution in [3.05, 3.63) is 28.6 Å². The Morgan fingerprint density at radius 1 is 1.28 bits per heavy atom. The van der Waals surface area contributed by atoms with Crippen LogP contribution in [0.4, 0.5) is 0 Å². The number of methoxy groups -OCH3 is 1. The lowest BCUT2D eigenvalue weighted by Gasteiger charge is -2.20. The minimum absolute atomic E-state index is 0.146. The average Bonchev–Trinajstić information content (AvgIpc) is 2.63. The molecule has 0 atom stereocenters. The topological polar surface area (TPSA) is 21.3 Å². The average molecular weight is 263 g/mol. The van der Waals surface area contributed by atoms with Crippen molar-refractivity contribution in [1.82, 2.24) is 5.32 Å². The molecule has 2 rings (SSSR count). The molecule has 0 fully saturated rings. The van der Waals surface area contributed by atoms with Crippen LogP contribution in [0.1, 0.15) is 31.2 Å². The molecule has 1 aromatic heterocycles. The molecule has 2 aromatic rings. The van der Waals surface area contributed by atoms with Gasteiger partial charge in [-0.05, 0) is 44.7 Å². The van der Waals surface area contributed by atoms with E-state index in [1.54, 1.807) is 7.11 Å². The first kappa shape index (κ1) is 13.4. The molecule has 0 saturated heterocycles. The lowest BCUT2D eigenvalue weighted by molar-refractivity contribution is 0.420. The lowest BCUT2D eigenvalue weighted by Crippen LogP contribution is -2.34. The van der Waals surface area contributed by atoms with Gasteiger partial charge in [0, 0.05) is 17.0 Å². The number of benzene rings is 1. The smallest absolute Gasteiger partial charge is 0.136 e. The number of hydrogen-bond acceptors (Lipinski definition) is 3. The van der Waals surface area contributed by atoms with Crippen molar-refractivity contribution in [3.8, 4) is 5.75 Å². The van der Waals surface area contributed by atoms with E-state index in [-0.39, 0.29) is 5.54 Å². The van der Waals surface area contributed by atoms with E-state index in [1.807, 2.05) is 17.4 Å². The highest BCUT2D eigenvalue weighted by molar-refractivity contribution is 7.19. The number of hydrogen-bond donors (Lipinski definition) is 1. The Morgan fingerprint density at radius 2 is 2.00 bits per heavy atom. The Bertz CT molecular complexity index is 551. The third-order valence-corrected chi connectivity index (χ3v) is 4.35. The molecule has 18 heavy (non-hydrogen) atoms. The fraction of sp³-hybridized carbons (Fsp3) is 0.467. The highest BCUT2D eigenvalue weighted by Crippen LogP contribution is 2.37. The van der Waals surface area contributed by atoms with E-state index in [4.69, 9.17) is 4.74 Å². The normalized spacial score (nSPS) is 12.1. The quantitative estimate of drug-likeness (QED) is 0.900. The van der Waals surface area contributed by atoms with Gasteiger partial charge in [-0.1, -0.05) is 12.1 Å². The van der Waals surface area contributed by atoms with Gasteiger partial charge in [0.2, 0.25) is 0 Å². The van der Waals surface area contributed by atoms with Crippen LogP contribution >= 0.6 is 11.3 Å². The zero-order valence-electron chi connectivity index (χ0n) is 11.8. The van der Waals surface area contributed by atoms with E-state index >= 15 is 0 Å². The molecule has 0 aliphatic heterocycles. The first-order valence-corrected chi connectivity index (χ1v) is 7.04. The van der Waals surface area contributed by atoms with E-state index in [1.165, 1.54) is 20.5 Å². The van der Waals surface area contributed by atoms with E-state index in [2.05, 4.69) is 45.1 Å². The Kier molecular flexibility index (Phi) is 3.64. The van der Waals surface area contributed by atoms with Crippen molar-refractivity contribution in [2.24, 2.45) is 0 Å². The summed E-state index contributed by atoms with van der Waals surface area (Å²) in [6.45, 7) is 9.68. The van der Waals surface area contributed by atoms with Crippen LogP contribution in [-0.4, -0.2) is 12.6 Å². The highest BCUT2D eigenvalue weighted by Gasteiger charge is 2.14. The van der Waals surface area contributed by atoms with Gasteiger partial charge in [-0.15, -0.1) is 11.3 Å². The summed E-state index contributed by atoms with van der Waals surface area (Å²) in [5.74, 6) is 0.975. The Hall–Kier alpha value is -1.06. The number of fused-ring (bicyclic) bond motifs is 1. The van der Waals surface area contributed by atoms with Crippen molar-refractivity contribution in [1.29, 1.82) is 0 Å². The van der Waals surface area contributed by atoms with Gasteiger partial charge < -0.3 is 10.1 Å². The molecule has 98 valence electrons. The highest BCUT2D eigenvalue weighted by atomic mass is 32.1. The van der Waals surface area contributed by atoms with E-state index < -0.39 is 0 Å². The molecular weight excluding hydrogens is 242 g/mol. The Labute approximate surface area is 113 Å². The number of nitrogens with one attached hydrogen (secondary N) is 1. The summed E-state index contributed by atoms with van der Waals surface area (Å²) in [4.78, 5) is 1.39. The van der Waals surface area contributed by atoms with Gasteiger partial charge in [-0.3, -0.25) is 0 Å². The summed E-state index contributed by atoms with van der Waals surface area (Å²) < 4.78 is 6.68. The molecular formula is C15H21NOS. The molecule has 0 bridgehead atoms. The molecule has 0 radical (unpaired) electrons. The van der Waals surface area contributed by atoms with Crippen LogP contribution in [0.2, 0.25) is 0 Å². The monoisotopic (exact) mass is 263 g/mol. The van der Waals surface area contributed by atoms with Gasteiger partial charge in [0.05, 0.1) is 11.8 Å². The fourth-order valence-electron chi connectivity index (χ4n) is 1.94. The first-order chi connectivity index (χ1) is 8.42. The van der Waals surface area contributed by atoms with Crippen LogP contribution in [0, 0.1) is 6.92 Å². The van der Waals surface area contributed by atoms with E-state index in [9.17, 15) is 0 Å².